The second-order valence-corrected chi connectivity index (χ2v) is 8.17. The SMILES string of the molecule is COS(=O)(=O)c1cc(O)c2c(N=Nc3ccc(Cl)cc3C(F)(F)F)c(N)ccc2c1. The number of phenolic OH excluding ortho intramolecular Hbond substituents is 1. The van der Waals surface area contributed by atoms with Crippen molar-refractivity contribution in [2.24, 2.45) is 10.2 Å². The van der Waals surface area contributed by atoms with Gasteiger partial charge in [0.25, 0.3) is 10.1 Å². The number of rotatable bonds is 4. The van der Waals surface area contributed by atoms with Gasteiger partial charge >= 0.3 is 6.18 Å². The summed E-state index contributed by atoms with van der Waals surface area (Å²) in [5, 5.41) is 17.9. The lowest BCUT2D eigenvalue weighted by atomic mass is 10.1. The van der Waals surface area contributed by atoms with Crippen LogP contribution in [0.5, 0.6) is 5.75 Å². The van der Waals surface area contributed by atoms with Crippen LogP contribution in [0.2, 0.25) is 5.02 Å². The molecule has 3 aromatic rings. The second kappa shape index (κ2) is 7.74. The van der Waals surface area contributed by atoms with Crippen LogP contribution in [0.25, 0.3) is 10.8 Å². The molecule has 0 atom stereocenters. The molecule has 0 aliphatic heterocycles. The average molecular weight is 460 g/mol. The van der Waals surface area contributed by atoms with E-state index in [1.165, 1.54) is 24.3 Å². The molecule has 0 amide bonds. The highest BCUT2D eigenvalue weighted by atomic mass is 35.5. The molecule has 30 heavy (non-hydrogen) atoms. The zero-order chi connectivity index (χ0) is 22.3. The molecule has 12 heteroatoms. The largest absolute Gasteiger partial charge is 0.507 e. The van der Waals surface area contributed by atoms with E-state index < -0.39 is 33.3 Å². The Labute approximate surface area is 173 Å². The Bertz CT molecular complexity index is 1280. The Kier molecular flexibility index (Phi) is 5.63. The molecule has 0 heterocycles. The van der Waals surface area contributed by atoms with Gasteiger partial charge in [0.2, 0.25) is 0 Å². The molecule has 0 aliphatic carbocycles. The minimum absolute atomic E-state index is 0.00595. The smallest absolute Gasteiger partial charge is 0.418 e. The molecule has 0 unspecified atom stereocenters. The molecule has 158 valence electrons. The Morgan fingerprint density at radius 3 is 2.43 bits per heavy atom. The van der Waals surface area contributed by atoms with Crippen LogP contribution in [0, 0.1) is 0 Å². The van der Waals surface area contributed by atoms with Crippen molar-refractivity contribution in [3.05, 3.63) is 53.1 Å². The van der Waals surface area contributed by atoms with E-state index >= 15 is 0 Å². The fraction of sp³-hybridized carbons (Fsp3) is 0.111. The molecule has 3 aromatic carbocycles. The van der Waals surface area contributed by atoms with Gasteiger partial charge in [-0.15, -0.1) is 10.2 Å². The molecule has 0 aliphatic rings. The Morgan fingerprint density at radius 1 is 1.10 bits per heavy atom. The first kappa shape index (κ1) is 21.8. The molecule has 7 nitrogen and oxygen atoms in total. The van der Waals surface area contributed by atoms with E-state index in [4.69, 9.17) is 17.3 Å². The zero-order valence-electron chi connectivity index (χ0n) is 15.1. The minimum atomic E-state index is -4.73. The van der Waals surface area contributed by atoms with Crippen LogP contribution in [0.3, 0.4) is 0 Å². The van der Waals surface area contributed by atoms with Crippen LogP contribution in [0.1, 0.15) is 5.56 Å². The summed E-state index contributed by atoms with van der Waals surface area (Å²) in [6, 6.07) is 7.87. The summed E-state index contributed by atoms with van der Waals surface area (Å²) >= 11 is 5.64. The number of nitrogens with zero attached hydrogens (tertiary/aromatic N) is 2. The van der Waals surface area contributed by atoms with E-state index in [0.717, 1.165) is 19.2 Å². The first-order valence-electron chi connectivity index (χ1n) is 8.08. The number of fused-ring (bicyclic) bond motifs is 1. The van der Waals surface area contributed by atoms with Gasteiger partial charge < -0.3 is 10.8 Å². The summed E-state index contributed by atoms with van der Waals surface area (Å²) in [7, 11) is -3.14. The summed E-state index contributed by atoms with van der Waals surface area (Å²) in [6.45, 7) is 0. The van der Waals surface area contributed by atoms with Crippen molar-refractivity contribution in [1.82, 2.24) is 0 Å². The predicted molar refractivity (Wildman–Crippen MR) is 105 cm³/mol. The third kappa shape index (κ3) is 4.18. The monoisotopic (exact) mass is 459 g/mol. The highest BCUT2D eigenvalue weighted by Crippen LogP contribution is 2.42. The van der Waals surface area contributed by atoms with Crippen LogP contribution >= 0.6 is 11.6 Å². The van der Waals surface area contributed by atoms with Crippen molar-refractivity contribution < 1.29 is 30.9 Å². The maximum atomic E-state index is 13.2. The van der Waals surface area contributed by atoms with Crippen molar-refractivity contribution in [2.45, 2.75) is 11.1 Å². The van der Waals surface area contributed by atoms with Gasteiger partial charge in [0.1, 0.15) is 11.4 Å². The number of benzene rings is 3. The maximum Gasteiger partial charge on any atom is 0.418 e. The number of phenols is 1. The number of hydrogen-bond acceptors (Lipinski definition) is 7. The van der Waals surface area contributed by atoms with E-state index in [1.807, 2.05) is 0 Å². The molecule has 0 spiro atoms. The lowest BCUT2D eigenvalue weighted by molar-refractivity contribution is -0.137. The van der Waals surface area contributed by atoms with Gasteiger partial charge in [-0.2, -0.15) is 21.6 Å². The average Bonchev–Trinajstić information content (AvgIpc) is 2.67. The van der Waals surface area contributed by atoms with Crippen molar-refractivity contribution in [3.63, 3.8) is 0 Å². The van der Waals surface area contributed by atoms with Crippen molar-refractivity contribution >= 4 is 49.6 Å². The molecule has 3 N–H and O–H groups in total. The highest BCUT2D eigenvalue weighted by Gasteiger charge is 2.34. The van der Waals surface area contributed by atoms with E-state index in [9.17, 15) is 26.7 Å². The number of aromatic hydroxyl groups is 1. The number of alkyl halides is 3. The number of halogens is 4. The third-order valence-electron chi connectivity index (χ3n) is 4.10. The maximum absolute atomic E-state index is 13.2. The van der Waals surface area contributed by atoms with Crippen LogP contribution in [-0.2, 0) is 20.5 Å². The van der Waals surface area contributed by atoms with E-state index in [-0.39, 0.29) is 32.1 Å². The number of hydrogen-bond donors (Lipinski definition) is 2. The first-order valence-corrected chi connectivity index (χ1v) is 9.87. The van der Waals surface area contributed by atoms with Crippen LogP contribution in [0.4, 0.5) is 30.2 Å². The van der Waals surface area contributed by atoms with E-state index in [2.05, 4.69) is 14.4 Å². The predicted octanol–water partition coefficient (Wildman–Crippen LogP) is 5.55. The number of nitrogens with two attached hydrogens (primary N) is 1. The van der Waals surface area contributed by atoms with Gasteiger partial charge in [-0.25, -0.2) is 0 Å². The fourth-order valence-electron chi connectivity index (χ4n) is 2.69. The number of nitrogen functional groups attached to an aromatic ring is 1. The van der Waals surface area contributed by atoms with Gasteiger partial charge in [-0.1, -0.05) is 17.7 Å². The van der Waals surface area contributed by atoms with Gasteiger partial charge in [-0.05, 0) is 35.7 Å². The normalized spacial score (nSPS) is 12.7. The summed E-state index contributed by atoms with van der Waals surface area (Å²) in [6.07, 6.45) is -4.73. The van der Waals surface area contributed by atoms with Crippen LogP contribution < -0.4 is 5.73 Å². The Balaban J connectivity index is 2.20. The van der Waals surface area contributed by atoms with E-state index in [1.54, 1.807) is 0 Å². The van der Waals surface area contributed by atoms with E-state index in [0.29, 0.717) is 6.07 Å². The molecule has 0 radical (unpaired) electrons. The van der Waals surface area contributed by atoms with Gasteiger partial charge in [0, 0.05) is 11.1 Å². The number of azo groups is 1. The van der Waals surface area contributed by atoms with Crippen molar-refractivity contribution in [3.8, 4) is 5.75 Å². The summed E-state index contributed by atoms with van der Waals surface area (Å²) in [4.78, 5) is -0.320. The summed E-state index contributed by atoms with van der Waals surface area (Å²) < 4.78 is 68.0. The Hall–Kier alpha value is -2.89. The molecular weight excluding hydrogens is 447 g/mol. The van der Waals surface area contributed by atoms with Crippen molar-refractivity contribution in [2.75, 3.05) is 12.8 Å². The standard InChI is InChI=1S/C18H13ClF3N3O4S/c1-29-30(27,28)11-6-9-2-4-13(23)17(16(9)15(26)8-11)25-24-14-5-3-10(19)7-12(14)18(20,21)22/h2-8,26H,23H2,1H3. The molecule has 0 bridgehead atoms. The zero-order valence-corrected chi connectivity index (χ0v) is 16.7. The first-order chi connectivity index (χ1) is 13.9. The summed E-state index contributed by atoms with van der Waals surface area (Å²) in [5.41, 5.74) is 4.13. The van der Waals surface area contributed by atoms with Gasteiger partial charge in [0.05, 0.1) is 34.3 Å². The lowest BCUT2D eigenvalue weighted by Gasteiger charge is -2.11. The van der Waals surface area contributed by atoms with Gasteiger partial charge in [0.15, 0.2) is 0 Å². The number of anilines is 1. The quantitative estimate of drug-likeness (QED) is 0.301. The molecular formula is C18H13ClF3N3O4S. The fourth-order valence-corrected chi connectivity index (χ4v) is 3.58. The highest BCUT2D eigenvalue weighted by molar-refractivity contribution is 7.86. The van der Waals surface area contributed by atoms with Crippen LogP contribution in [-0.4, -0.2) is 20.6 Å². The topological polar surface area (TPSA) is 114 Å². The third-order valence-corrected chi connectivity index (χ3v) is 5.59. The minimum Gasteiger partial charge on any atom is -0.507 e. The molecule has 0 aromatic heterocycles. The summed E-state index contributed by atoms with van der Waals surface area (Å²) in [5.74, 6) is -0.517. The second-order valence-electron chi connectivity index (χ2n) is 6.02. The molecule has 0 saturated carbocycles. The molecule has 3 rings (SSSR count). The van der Waals surface area contributed by atoms with Crippen LogP contribution in [0.15, 0.2) is 57.6 Å². The van der Waals surface area contributed by atoms with Crippen molar-refractivity contribution in [1.29, 1.82) is 0 Å². The molecule has 0 saturated heterocycles. The Morgan fingerprint density at radius 2 is 1.80 bits per heavy atom. The molecule has 0 fully saturated rings. The van der Waals surface area contributed by atoms with Gasteiger partial charge in [-0.3, -0.25) is 4.18 Å². The lowest BCUT2D eigenvalue weighted by Crippen LogP contribution is -2.05.